The van der Waals surface area contributed by atoms with Crippen LogP contribution in [0.2, 0.25) is 0 Å². The zero-order chi connectivity index (χ0) is 10.8. The van der Waals surface area contributed by atoms with E-state index in [1.807, 2.05) is 26.0 Å². The molecule has 0 saturated carbocycles. The van der Waals surface area contributed by atoms with E-state index in [2.05, 4.69) is 17.4 Å². The van der Waals surface area contributed by atoms with Gasteiger partial charge in [0.25, 0.3) is 0 Å². The average Bonchev–Trinajstić information content (AvgIpc) is 2.27. The molecule has 2 nitrogen and oxygen atoms in total. The summed E-state index contributed by atoms with van der Waals surface area (Å²) in [5, 5.41) is 3.31. The van der Waals surface area contributed by atoms with E-state index in [-0.39, 0.29) is 12.0 Å². The average molecular weight is 203 g/mol. The predicted molar refractivity (Wildman–Crippen MR) is 60.6 cm³/mol. The first-order valence-electron chi connectivity index (χ1n) is 5.52. The Morgan fingerprint density at radius 2 is 2.00 bits per heavy atom. The summed E-state index contributed by atoms with van der Waals surface area (Å²) in [5.74, 6) is 0.442. The number of nitrogens with one attached hydrogen (secondary N) is 1. The molecular weight excluding hydrogens is 186 g/mol. The van der Waals surface area contributed by atoms with Crippen LogP contribution in [0.25, 0.3) is 0 Å². The van der Waals surface area contributed by atoms with Crippen molar-refractivity contribution in [3.63, 3.8) is 0 Å². The lowest BCUT2D eigenvalue weighted by atomic mass is 9.90. The van der Waals surface area contributed by atoms with Gasteiger partial charge in [0.05, 0.1) is 6.04 Å². The summed E-state index contributed by atoms with van der Waals surface area (Å²) in [6.45, 7) is 4.74. The highest BCUT2D eigenvalue weighted by atomic mass is 16.1. The molecule has 15 heavy (non-hydrogen) atoms. The lowest BCUT2D eigenvalue weighted by Crippen LogP contribution is -2.43. The van der Waals surface area contributed by atoms with Gasteiger partial charge in [-0.3, -0.25) is 4.79 Å². The third-order valence-corrected chi connectivity index (χ3v) is 2.99. The summed E-state index contributed by atoms with van der Waals surface area (Å²) in [6, 6.07) is 8.35. The number of carbonyl (C=O) groups excluding carboxylic acids is 1. The Labute approximate surface area is 90.7 Å². The van der Waals surface area contributed by atoms with Crippen molar-refractivity contribution in [3.05, 3.63) is 35.4 Å². The molecular formula is C13H17NO. The van der Waals surface area contributed by atoms with E-state index in [4.69, 9.17) is 0 Å². The number of hydrogen-bond donors (Lipinski definition) is 1. The summed E-state index contributed by atoms with van der Waals surface area (Å²) >= 11 is 0. The fourth-order valence-electron chi connectivity index (χ4n) is 2.06. The van der Waals surface area contributed by atoms with E-state index in [9.17, 15) is 4.79 Å². The number of fused-ring (bicyclic) bond motifs is 1. The van der Waals surface area contributed by atoms with Gasteiger partial charge < -0.3 is 5.32 Å². The zero-order valence-electron chi connectivity index (χ0n) is 9.29. The van der Waals surface area contributed by atoms with E-state index < -0.39 is 0 Å². The molecule has 0 saturated heterocycles. The number of hydrogen-bond acceptors (Lipinski definition) is 2. The first-order valence-corrected chi connectivity index (χ1v) is 5.52. The van der Waals surface area contributed by atoms with Crippen molar-refractivity contribution < 1.29 is 4.79 Å². The molecule has 0 amide bonds. The SMILES string of the molecule is CC(C)C(=O)C1Cc2ccccc2CN1. The largest absolute Gasteiger partial charge is 0.303 e. The number of ketones is 1. The van der Waals surface area contributed by atoms with Crippen LogP contribution in [-0.4, -0.2) is 11.8 Å². The molecule has 0 bridgehead atoms. The lowest BCUT2D eigenvalue weighted by Gasteiger charge is -2.26. The summed E-state index contributed by atoms with van der Waals surface area (Å²) in [5.41, 5.74) is 2.64. The fraction of sp³-hybridized carbons (Fsp3) is 0.462. The summed E-state index contributed by atoms with van der Waals surface area (Å²) in [7, 11) is 0. The Morgan fingerprint density at radius 1 is 1.33 bits per heavy atom. The van der Waals surface area contributed by atoms with E-state index in [0.29, 0.717) is 5.78 Å². The molecule has 1 unspecified atom stereocenters. The van der Waals surface area contributed by atoms with Gasteiger partial charge in [-0.1, -0.05) is 38.1 Å². The standard InChI is InChI=1S/C13H17NO/c1-9(2)13(15)12-7-10-5-3-4-6-11(10)8-14-12/h3-6,9,12,14H,7-8H2,1-2H3. The van der Waals surface area contributed by atoms with Crippen LogP contribution in [0.5, 0.6) is 0 Å². The van der Waals surface area contributed by atoms with Gasteiger partial charge in [-0.05, 0) is 17.5 Å². The van der Waals surface area contributed by atoms with Crippen LogP contribution in [0, 0.1) is 5.92 Å². The minimum atomic E-state index is 0.0138. The van der Waals surface area contributed by atoms with Crippen LogP contribution in [0.1, 0.15) is 25.0 Å². The van der Waals surface area contributed by atoms with Gasteiger partial charge in [-0.25, -0.2) is 0 Å². The minimum Gasteiger partial charge on any atom is -0.303 e. The van der Waals surface area contributed by atoms with Crippen LogP contribution in [0.15, 0.2) is 24.3 Å². The first-order chi connectivity index (χ1) is 7.18. The molecule has 1 aromatic carbocycles. The van der Waals surface area contributed by atoms with E-state index in [0.717, 1.165) is 13.0 Å². The second-order valence-corrected chi connectivity index (χ2v) is 4.46. The molecule has 0 aliphatic carbocycles. The number of Topliss-reactive ketones (excluding diaryl/α,β-unsaturated/α-hetero) is 1. The summed E-state index contributed by atoms with van der Waals surface area (Å²) in [4.78, 5) is 11.8. The monoisotopic (exact) mass is 203 g/mol. The zero-order valence-corrected chi connectivity index (χ0v) is 9.29. The number of benzene rings is 1. The molecule has 1 N–H and O–H groups in total. The van der Waals surface area contributed by atoms with Crippen molar-refractivity contribution >= 4 is 5.78 Å². The Morgan fingerprint density at radius 3 is 2.67 bits per heavy atom. The highest BCUT2D eigenvalue weighted by molar-refractivity contribution is 5.86. The van der Waals surface area contributed by atoms with Crippen molar-refractivity contribution in [2.24, 2.45) is 5.92 Å². The number of carbonyl (C=O) groups is 1. The Bertz CT molecular complexity index is 371. The maximum Gasteiger partial charge on any atom is 0.152 e. The Balaban J connectivity index is 2.15. The second-order valence-electron chi connectivity index (χ2n) is 4.46. The highest BCUT2D eigenvalue weighted by Crippen LogP contribution is 2.18. The van der Waals surface area contributed by atoms with Gasteiger partial charge in [0.1, 0.15) is 0 Å². The maximum absolute atomic E-state index is 11.8. The van der Waals surface area contributed by atoms with Crippen molar-refractivity contribution in [1.82, 2.24) is 5.32 Å². The molecule has 1 aliphatic rings. The molecule has 0 fully saturated rings. The molecule has 1 heterocycles. The van der Waals surface area contributed by atoms with Gasteiger partial charge in [0.2, 0.25) is 0 Å². The Hall–Kier alpha value is -1.15. The van der Waals surface area contributed by atoms with Crippen molar-refractivity contribution in [2.75, 3.05) is 0 Å². The van der Waals surface area contributed by atoms with Crippen LogP contribution < -0.4 is 5.32 Å². The normalized spacial score (nSPS) is 20.1. The molecule has 2 rings (SSSR count). The third kappa shape index (κ3) is 2.10. The minimum absolute atomic E-state index is 0.0138. The smallest absolute Gasteiger partial charge is 0.152 e. The molecule has 2 heteroatoms. The summed E-state index contributed by atoms with van der Waals surface area (Å²) < 4.78 is 0. The van der Waals surface area contributed by atoms with Gasteiger partial charge in [-0.2, -0.15) is 0 Å². The molecule has 0 aromatic heterocycles. The van der Waals surface area contributed by atoms with Gasteiger partial charge >= 0.3 is 0 Å². The number of rotatable bonds is 2. The maximum atomic E-state index is 11.8. The quantitative estimate of drug-likeness (QED) is 0.795. The van der Waals surface area contributed by atoms with E-state index in [1.54, 1.807) is 0 Å². The van der Waals surface area contributed by atoms with Crippen LogP contribution >= 0.6 is 0 Å². The fourth-order valence-corrected chi connectivity index (χ4v) is 2.06. The topological polar surface area (TPSA) is 29.1 Å². The second kappa shape index (κ2) is 4.15. The molecule has 1 aromatic rings. The highest BCUT2D eigenvalue weighted by Gasteiger charge is 2.25. The van der Waals surface area contributed by atoms with Crippen LogP contribution in [0.4, 0.5) is 0 Å². The first kappa shape index (κ1) is 10.4. The molecule has 80 valence electrons. The van der Waals surface area contributed by atoms with Gasteiger partial charge in [-0.15, -0.1) is 0 Å². The molecule has 1 atom stereocenters. The predicted octanol–water partition coefficient (Wildman–Crippen LogP) is 1.93. The third-order valence-electron chi connectivity index (χ3n) is 2.99. The lowest BCUT2D eigenvalue weighted by molar-refractivity contribution is -0.124. The summed E-state index contributed by atoms with van der Waals surface area (Å²) in [6.07, 6.45) is 0.840. The molecule has 1 aliphatic heterocycles. The van der Waals surface area contributed by atoms with E-state index in [1.165, 1.54) is 11.1 Å². The molecule has 0 spiro atoms. The van der Waals surface area contributed by atoms with Crippen LogP contribution in [-0.2, 0) is 17.8 Å². The van der Waals surface area contributed by atoms with Crippen molar-refractivity contribution in [3.8, 4) is 0 Å². The van der Waals surface area contributed by atoms with Gasteiger partial charge in [0.15, 0.2) is 5.78 Å². The Kier molecular flexibility index (Phi) is 2.87. The van der Waals surface area contributed by atoms with E-state index >= 15 is 0 Å². The van der Waals surface area contributed by atoms with Crippen molar-refractivity contribution in [1.29, 1.82) is 0 Å². The van der Waals surface area contributed by atoms with Crippen LogP contribution in [0.3, 0.4) is 0 Å². The van der Waals surface area contributed by atoms with Gasteiger partial charge in [0, 0.05) is 12.5 Å². The molecule has 0 radical (unpaired) electrons. The van der Waals surface area contributed by atoms with Crippen molar-refractivity contribution in [2.45, 2.75) is 32.9 Å².